The third kappa shape index (κ3) is 3.37. The van der Waals surface area contributed by atoms with Crippen LogP contribution in [0.5, 0.6) is 5.75 Å². The molecule has 0 aromatic heterocycles. The number of halogens is 3. The standard InChI is InChI=1S/C19H13F3N2O2/c20-19(21,22)18(25)26-16-14-8-6-12(11-4-2-1-3-5-11)10-13(14)7-9-15(16)17(23)24/h1-10H,(H3,23,24). The highest BCUT2D eigenvalue weighted by Crippen LogP contribution is 2.34. The Morgan fingerprint density at radius 3 is 2.27 bits per heavy atom. The van der Waals surface area contributed by atoms with Crippen LogP contribution in [-0.4, -0.2) is 18.0 Å². The first-order valence-corrected chi connectivity index (χ1v) is 7.53. The molecule has 3 rings (SSSR count). The summed E-state index contributed by atoms with van der Waals surface area (Å²) in [6.07, 6.45) is -5.15. The van der Waals surface area contributed by atoms with E-state index in [9.17, 15) is 18.0 Å². The van der Waals surface area contributed by atoms with E-state index in [2.05, 4.69) is 4.74 Å². The van der Waals surface area contributed by atoms with Crippen LogP contribution in [-0.2, 0) is 4.79 Å². The number of nitrogen functional groups attached to an aromatic ring is 1. The highest BCUT2D eigenvalue weighted by molar-refractivity contribution is 6.06. The van der Waals surface area contributed by atoms with E-state index in [1.165, 1.54) is 6.07 Å². The van der Waals surface area contributed by atoms with E-state index >= 15 is 0 Å². The molecular formula is C19H13F3N2O2. The molecule has 0 saturated carbocycles. The molecule has 0 spiro atoms. The number of esters is 1. The van der Waals surface area contributed by atoms with Crippen molar-refractivity contribution in [3.8, 4) is 16.9 Å². The number of ether oxygens (including phenoxy) is 1. The highest BCUT2D eigenvalue weighted by Gasteiger charge is 2.42. The van der Waals surface area contributed by atoms with E-state index in [1.807, 2.05) is 30.3 Å². The largest absolute Gasteiger partial charge is 0.491 e. The Kier molecular flexibility index (Phi) is 4.38. The third-order valence-corrected chi connectivity index (χ3v) is 3.79. The number of benzene rings is 3. The zero-order chi connectivity index (χ0) is 18.9. The maximum atomic E-state index is 12.6. The SMILES string of the molecule is N=C(N)c1ccc2cc(-c3ccccc3)ccc2c1OC(=O)C(F)(F)F. The molecule has 0 bridgehead atoms. The van der Waals surface area contributed by atoms with E-state index in [1.54, 1.807) is 24.3 Å². The summed E-state index contributed by atoms with van der Waals surface area (Å²) in [6, 6.07) is 17.4. The van der Waals surface area contributed by atoms with Gasteiger partial charge in [-0.15, -0.1) is 0 Å². The molecule has 3 N–H and O–H groups in total. The van der Waals surface area contributed by atoms with Crippen LogP contribution in [0.3, 0.4) is 0 Å². The molecule has 0 aliphatic carbocycles. The fourth-order valence-corrected chi connectivity index (χ4v) is 2.58. The lowest BCUT2D eigenvalue weighted by atomic mass is 9.99. The number of nitrogens with one attached hydrogen (secondary N) is 1. The topological polar surface area (TPSA) is 76.2 Å². The molecule has 26 heavy (non-hydrogen) atoms. The van der Waals surface area contributed by atoms with E-state index in [0.29, 0.717) is 5.39 Å². The van der Waals surface area contributed by atoms with E-state index in [-0.39, 0.29) is 16.7 Å². The Balaban J connectivity index is 2.15. The molecule has 3 aromatic carbocycles. The minimum absolute atomic E-state index is 0.0810. The third-order valence-electron chi connectivity index (χ3n) is 3.79. The molecule has 0 fully saturated rings. The van der Waals surface area contributed by atoms with Crippen LogP contribution >= 0.6 is 0 Å². The summed E-state index contributed by atoms with van der Waals surface area (Å²) in [5.41, 5.74) is 7.12. The van der Waals surface area contributed by atoms with Crippen LogP contribution in [0.1, 0.15) is 5.56 Å². The molecule has 0 aliphatic rings. The molecule has 3 aromatic rings. The number of carbonyl (C=O) groups excluding carboxylic acids is 1. The minimum atomic E-state index is -5.15. The number of alkyl halides is 3. The Morgan fingerprint density at radius 2 is 1.65 bits per heavy atom. The molecule has 0 radical (unpaired) electrons. The molecule has 0 amide bonds. The molecule has 7 heteroatoms. The first-order chi connectivity index (χ1) is 12.3. The van der Waals surface area contributed by atoms with Crippen LogP contribution in [0.4, 0.5) is 13.2 Å². The monoisotopic (exact) mass is 358 g/mol. The van der Waals surface area contributed by atoms with E-state index in [0.717, 1.165) is 11.1 Å². The Morgan fingerprint density at radius 1 is 0.962 bits per heavy atom. The lowest BCUT2D eigenvalue weighted by Crippen LogP contribution is -2.29. The van der Waals surface area contributed by atoms with Gasteiger partial charge in [0, 0.05) is 5.39 Å². The van der Waals surface area contributed by atoms with Crippen LogP contribution in [0.25, 0.3) is 21.9 Å². The second-order valence-corrected chi connectivity index (χ2v) is 5.55. The summed E-state index contributed by atoms with van der Waals surface area (Å²) in [6.45, 7) is 0. The predicted molar refractivity (Wildman–Crippen MR) is 92.1 cm³/mol. The summed E-state index contributed by atoms with van der Waals surface area (Å²) in [7, 11) is 0. The number of fused-ring (bicyclic) bond motifs is 1. The second kappa shape index (κ2) is 6.51. The number of carbonyl (C=O) groups is 1. The van der Waals surface area contributed by atoms with Gasteiger partial charge in [-0.1, -0.05) is 42.5 Å². The maximum absolute atomic E-state index is 12.6. The van der Waals surface area contributed by atoms with Crippen molar-refractivity contribution >= 4 is 22.6 Å². The number of nitrogens with two attached hydrogens (primary N) is 1. The predicted octanol–water partition coefficient (Wildman–Crippen LogP) is 4.26. The lowest BCUT2D eigenvalue weighted by Gasteiger charge is -2.14. The maximum Gasteiger partial charge on any atom is 0.491 e. The Labute approximate surface area is 146 Å². The summed E-state index contributed by atoms with van der Waals surface area (Å²) >= 11 is 0. The quantitative estimate of drug-likeness (QED) is 0.318. The molecular weight excluding hydrogens is 345 g/mol. The van der Waals surface area contributed by atoms with Crippen molar-refractivity contribution in [3.63, 3.8) is 0 Å². The molecule has 0 atom stereocenters. The van der Waals surface area contributed by atoms with Gasteiger partial charge in [-0.25, -0.2) is 4.79 Å². The Hall–Kier alpha value is -3.35. The fraction of sp³-hybridized carbons (Fsp3) is 0.0526. The van der Waals surface area contributed by atoms with Gasteiger partial charge in [0.05, 0.1) is 5.56 Å². The van der Waals surface area contributed by atoms with Crippen molar-refractivity contribution in [3.05, 3.63) is 66.2 Å². The highest BCUT2D eigenvalue weighted by atomic mass is 19.4. The van der Waals surface area contributed by atoms with Gasteiger partial charge in [0.2, 0.25) is 0 Å². The normalized spacial score (nSPS) is 11.3. The number of rotatable bonds is 3. The van der Waals surface area contributed by atoms with Gasteiger partial charge in [0.25, 0.3) is 0 Å². The molecule has 0 unspecified atom stereocenters. The van der Waals surface area contributed by atoms with Crippen molar-refractivity contribution in [1.29, 1.82) is 5.41 Å². The number of amidine groups is 1. The van der Waals surface area contributed by atoms with Gasteiger partial charge >= 0.3 is 12.1 Å². The fourth-order valence-electron chi connectivity index (χ4n) is 2.58. The van der Waals surface area contributed by atoms with Gasteiger partial charge in [0.1, 0.15) is 11.6 Å². The number of hydrogen-bond donors (Lipinski definition) is 2. The van der Waals surface area contributed by atoms with E-state index < -0.39 is 18.0 Å². The zero-order valence-electron chi connectivity index (χ0n) is 13.3. The van der Waals surface area contributed by atoms with Crippen molar-refractivity contribution in [1.82, 2.24) is 0 Å². The van der Waals surface area contributed by atoms with Crippen LogP contribution in [0.15, 0.2) is 60.7 Å². The molecule has 4 nitrogen and oxygen atoms in total. The van der Waals surface area contributed by atoms with Gasteiger partial charge in [0.15, 0.2) is 0 Å². The first kappa shape index (κ1) is 17.5. The van der Waals surface area contributed by atoms with Crippen LogP contribution in [0, 0.1) is 5.41 Å². The van der Waals surface area contributed by atoms with Crippen molar-refractivity contribution in [2.75, 3.05) is 0 Å². The van der Waals surface area contributed by atoms with E-state index in [4.69, 9.17) is 11.1 Å². The molecule has 132 valence electrons. The second-order valence-electron chi connectivity index (χ2n) is 5.55. The average Bonchev–Trinajstić information content (AvgIpc) is 2.61. The average molecular weight is 358 g/mol. The summed E-state index contributed by atoms with van der Waals surface area (Å²) in [5, 5.41) is 8.35. The summed E-state index contributed by atoms with van der Waals surface area (Å²) < 4.78 is 42.3. The molecule has 0 heterocycles. The van der Waals surface area contributed by atoms with Crippen LogP contribution < -0.4 is 10.5 Å². The lowest BCUT2D eigenvalue weighted by molar-refractivity contribution is -0.189. The summed E-state index contributed by atoms with van der Waals surface area (Å²) in [4.78, 5) is 11.3. The van der Waals surface area contributed by atoms with Gasteiger partial charge in [-0.3, -0.25) is 5.41 Å². The Bertz CT molecular complexity index is 999. The molecule has 0 aliphatic heterocycles. The van der Waals surface area contributed by atoms with Crippen molar-refractivity contribution in [2.45, 2.75) is 6.18 Å². The van der Waals surface area contributed by atoms with Gasteiger partial charge in [-0.2, -0.15) is 13.2 Å². The summed E-state index contributed by atoms with van der Waals surface area (Å²) in [5.74, 6) is -3.24. The smallest absolute Gasteiger partial charge is 0.418 e. The van der Waals surface area contributed by atoms with Gasteiger partial charge in [-0.05, 0) is 34.7 Å². The van der Waals surface area contributed by atoms with Crippen LogP contribution in [0.2, 0.25) is 0 Å². The van der Waals surface area contributed by atoms with Crippen molar-refractivity contribution in [2.24, 2.45) is 5.73 Å². The minimum Gasteiger partial charge on any atom is -0.418 e. The zero-order valence-corrected chi connectivity index (χ0v) is 13.3. The van der Waals surface area contributed by atoms with Crippen molar-refractivity contribution < 1.29 is 22.7 Å². The number of hydrogen-bond acceptors (Lipinski definition) is 3. The first-order valence-electron chi connectivity index (χ1n) is 7.53. The van der Waals surface area contributed by atoms with Gasteiger partial charge < -0.3 is 10.5 Å². The molecule has 0 saturated heterocycles.